The third-order valence-corrected chi connectivity index (χ3v) is 5.47. The van der Waals surface area contributed by atoms with Crippen molar-refractivity contribution in [3.63, 3.8) is 0 Å². The van der Waals surface area contributed by atoms with Crippen LogP contribution in [0.3, 0.4) is 0 Å². The summed E-state index contributed by atoms with van der Waals surface area (Å²) in [6.45, 7) is 4.20. The lowest BCUT2D eigenvalue weighted by molar-refractivity contribution is 0.0782. The van der Waals surface area contributed by atoms with Gasteiger partial charge in [-0.05, 0) is 42.7 Å². The van der Waals surface area contributed by atoms with Crippen LogP contribution in [0.5, 0.6) is 5.75 Å². The van der Waals surface area contributed by atoms with Crippen LogP contribution in [-0.2, 0) is 6.54 Å². The molecule has 1 aromatic heterocycles. The molecule has 2 heterocycles. The molecule has 21 heavy (non-hydrogen) atoms. The molecule has 1 atom stereocenters. The van der Waals surface area contributed by atoms with Crippen LogP contribution in [0, 0.1) is 6.92 Å². The van der Waals surface area contributed by atoms with Gasteiger partial charge in [-0.1, -0.05) is 24.1 Å². The van der Waals surface area contributed by atoms with Crippen LogP contribution in [0.2, 0.25) is 0 Å². The molecule has 0 bridgehead atoms. The third kappa shape index (κ3) is 2.60. The van der Waals surface area contributed by atoms with Gasteiger partial charge in [0.05, 0.1) is 0 Å². The predicted octanol–water partition coefficient (Wildman–Crippen LogP) is 4.54. The largest absolute Gasteiger partial charge is 0.484 e. The number of hydrogen-bond acceptors (Lipinski definition) is 3. The highest BCUT2D eigenvalue weighted by Crippen LogP contribution is 2.36. The van der Waals surface area contributed by atoms with Crippen molar-refractivity contribution in [1.82, 2.24) is 4.90 Å². The fraction of sp³-hybridized carbons (Fsp3) is 0.444. The summed E-state index contributed by atoms with van der Waals surface area (Å²) in [4.78, 5) is 2.64. The van der Waals surface area contributed by atoms with Gasteiger partial charge in [0.25, 0.3) is 0 Å². The Bertz CT molecular complexity index is 618. The van der Waals surface area contributed by atoms with Gasteiger partial charge in [0, 0.05) is 30.3 Å². The lowest BCUT2D eigenvalue weighted by Gasteiger charge is -2.37. The molecule has 110 valence electrons. The van der Waals surface area contributed by atoms with Gasteiger partial charge < -0.3 is 4.74 Å². The van der Waals surface area contributed by atoms with Gasteiger partial charge in [0.2, 0.25) is 0 Å². The Labute approximate surface area is 130 Å². The van der Waals surface area contributed by atoms with Crippen molar-refractivity contribution in [1.29, 1.82) is 0 Å². The summed E-state index contributed by atoms with van der Waals surface area (Å²) in [6, 6.07) is 9.54. The summed E-state index contributed by atoms with van der Waals surface area (Å²) >= 11 is 1.75. The summed E-state index contributed by atoms with van der Waals surface area (Å²) < 4.78 is 6.37. The quantitative estimate of drug-likeness (QED) is 0.807. The first-order valence-electron chi connectivity index (χ1n) is 7.82. The van der Waals surface area contributed by atoms with E-state index in [0.717, 1.165) is 24.9 Å². The first-order valence-corrected chi connectivity index (χ1v) is 8.76. The Balaban J connectivity index is 1.69. The van der Waals surface area contributed by atoms with Crippen LogP contribution < -0.4 is 4.74 Å². The Morgan fingerprint density at radius 3 is 2.86 bits per heavy atom. The summed E-state index contributed by atoms with van der Waals surface area (Å²) in [5.41, 5.74) is 3.98. The Hall–Kier alpha value is -1.32. The summed E-state index contributed by atoms with van der Waals surface area (Å²) in [7, 11) is 0. The van der Waals surface area contributed by atoms with Crippen molar-refractivity contribution in [2.75, 3.05) is 6.54 Å². The average molecular weight is 299 g/mol. The van der Waals surface area contributed by atoms with E-state index in [-0.39, 0.29) is 6.10 Å². The minimum Gasteiger partial charge on any atom is -0.484 e. The van der Waals surface area contributed by atoms with Crippen molar-refractivity contribution in [3.8, 4) is 5.75 Å². The van der Waals surface area contributed by atoms with Crippen LogP contribution in [0.4, 0.5) is 0 Å². The molecule has 2 nitrogen and oxygen atoms in total. The minimum atomic E-state index is 0.167. The zero-order chi connectivity index (χ0) is 14.2. The van der Waals surface area contributed by atoms with E-state index in [1.165, 1.54) is 36.0 Å². The molecule has 2 aromatic rings. The van der Waals surface area contributed by atoms with Gasteiger partial charge in [-0.3, -0.25) is 4.90 Å². The molecule has 1 aliphatic carbocycles. The van der Waals surface area contributed by atoms with Gasteiger partial charge in [0.1, 0.15) is 11.9 Å². The molecule has 0 N–H and O–H groups in total. The number of aryl methyl sites for hydroxylation is 1. The smallest absolute Gasteiger partial charge is 0.137 e. The molecular weight excluding hydrogens is 278 g/mol. The van der Waals surface area contributed by atoms with Crippen LogP contribution in [0.25, 0.3) is 0 Å². The first-order chi connectivity index (χ1) is 10.3. The number of rotatable bonds is 2. The first kappa shape index (κ1) is 13.4. The van der Waals surface area contributed by atoms with Gasteiger partial charge in [-0.15, -0.1) is 0 Å². The topological polar surface area (TPSA) is 12.5 Å². The SMILES string of the molecule is Cc1ccc2c(c1)CN(C1CCC1)CC(c1ccsc1)O2. The van der Waals surface area contributed by atoms with Crippen LogP contribution in [0.15, 0.2) is 35.0 Å². The van der Waals surface area contributed by atoms with E-state index < -0.39 is 0 Å². The van der Waals surface area contributed by atoms with Crippen molar-refractivity contribution in [2.24, 2.45) is 0 Å². The molecule has 1 aliphatic heterocycles. The molecule has 1 saturated carbocycles. The van der Waals surface area contributed by atoms with Crippen molar-refractivity contribution in [2.45, 2.75) is 44.9 Å². The highest BCUT2D eigenvalue weighted by Gasteiger charge is 2.31. The normalized spacial score (nSPS) is 23.0. The minimum absolute atomic E-state index is 0.167. The molecule has 1 fully saturated rings. The molecule has 2 aliphatic rings. The average Bonchev–Trinajstić information content (AvgIpc) is 2.86. The van der Waals surface area contributed by atoms with E-state index in [4.69, 9.17) is 4.74 Å². The summed E-state index contributed by atoms with van der Waals surface area (Å²) in [5, 5.41) is 4.37. The molecule has 4 rings (SSSR count). The van der Waals surface area contributed by atoms with E-state index in [1.807, 2.05) is 0 Å². The number of fused-ring (bicyclic) bond motifs is 1. The van der Waals surface area contributed by atoms with Gasteiger partial charge >= 0.3 is 0 Å². The highest BCUT2D eigenvalue weighted by atomic mass is 32.1. The highest BCUT2D eigenvalue weighted by molar-refractivity contribution is 7.07. The van der Waals surface area contributed by atoms with E-state index >= 15 is 0 Å². The van der Waals surface area contributed by atoms with Crippen molar-refractivity contribution < 1.29 is 4.74 Å². The predicted molar refractivity (Wildman–Crippen MR) is 86.9 cm³/mol. The summed E-state index contributed by atoms with van der Waals surface area (Å²) in [5.74, 6) is 1.07. The third-order valence-electron chi connectivity index (χ3n) is 4.77. The number of ether oxygens (including phenoxy) is 1. The van der Waals surface area contributed by atoms with Crippen molar-refractivity contribution >= 4 is 11.3 Å². The molecule has 0 saturated heterocycles. The second-order valence-corrected chi connectivity index (χ2v) is 7.07. The molecule has 0 radical (unpaired) electrons. The molecule has 3 heteroatoms. The van der Waals surface area contributed by atoms with E-state index in [1.54, 1.807) is 11.3 Å². The van der Waals surface area contributed by atoms with Gasteiger partial charge in [0.15, 0.2) is 0 Å². The molecule has 0 spiro atoms. The zero-order valence-corrected chi connectivity index (χ0v) is 13.2. The number of benzene rings is 1. The van der Waals surface area contributed by atoms with Crippen molar-refractivity contribution in [3.05, 3.63) is 51.7 Å². The number of hydrogen-bond donors (Lipinski definition) is 0. The Morgan fingerprint density at radius 1 is 1.24 bits per heavy atom. The van der Waals surface area contributed by atoms with Crippen LogP contribution >= 0.6 is 11.3 Å². The maximum atomic E-state index is 6.37. The monoisotopic (exact) mass is 299 g/mol. The fourth-order valence-electron chi connectivity index (χ4n) is 3.30. The lowest BCUT2D eigenvalue weighted by Crippen LogP contribution is -2.41. The number of nitrogens with zero attached hydrogens (tertiary/aromatic N) is 1. The van der Waals surface area contributed by atoms with E-state index in [2.05, 4.69) is 46.8 Å². The van der Waals surface area contributed by atoms with E-state index in [0.29, 0.717) is 0 Å². The maximum Gasteiger partial charge on any atom is 0.137 e. The van der Waals surface area contributed by atoms with Gasteiger partial charge in [-0.2, -0.15) is 11.3 Å². The summed E-state index contributed by atoms with van der Waals surface area (Å²) in [6.07, 6.45) is 4.24. The fourth-order valence-corrected chi connectivity index (χ4v) is 4.00. The molecule has 1 aromatic carbocycles. The number of thiophene rings is 1. The maximum absolute atomic E-state index is 6.37. The second-order valence-electron chi connectivity index (χ2n) is 6.29. The van der Waals surface area contributed by atoms with E-state index in [9.17, 15) is 0 Å². The molecular formula is C18H21NOS. The second kappa shape index (κ2) is 5.47. The van der Waals surface area contributed by atoms with Crippen LogP contribution in [-0.4, -0.2) is 17.5 Å². The standard InChI is InChI=1S/C18H21NOS/c1-13-5-6-17-15(9-13)10-19(16-3-2-4-16)11-18(20-17)14-7-8-21-12-14/h5-9,12,16,18H,2-4,10-11H2,1H3. The Morgan fingerprint density at radius 2 is 2.14 bits per heavy atom. The Kier molecular flexibility index (Phi) is 3.48. The van der Waals surface area contributed by atoms with Gasteiger partial charge in [-0.25, -0.2) is 0 Å². The zero-order valence-electron chi connectivity index (χ0n) is 12.4. The molecule has 1 unspecified atom stereocenters. The van der Waals surface area contributed by atoms with Crippen LogP contribution in [0.1, 0.15) is 42.1 Å². The lowest BCUT2D eigenvalue weighted by atomic mass is 9.90. The molecule has 0 amide bonds.